The van der Waals surface area contributed by atoms with E-state index in [9.17, 15) is 17.3 Å². The van der Waals surface area contributed by atoms with E-state index in [1.807, 2.05) is 6.08 Å². The minimum Gasteiger partial charge on any atom is -0.489 e. The Morgan fingerprint density at radius 1 is 1.21 bits per heavy atom. The Balaban J connectivity index is 0.00000180. The second-order valence-electron chi connectivity index (χ2n) is 4.27. The molecule has 19 heavy (non-hydrogen) atoms. The Kier molecular flexibility index (Phi) is 6.59. The average molecular weight is 298 g/mol. The molecule has 1 nitrogen and oxygen atoms in total. The predicted octanol–water partition coefficient (Wildman–Crippen LogP) is 0.372. The summed E-state index contributed by atoms with van der Waals surface area (Å²) in [6.45, 7) is -5.20. The van der Waals surface area contributed by atoms with Gasteiger partial charge in [-0.05, 0) is 31.4 Å². The van der Waals surface area contributed by atoms with Gasteiger partial charge in [0, 0.05) is 6.07 Å². The van der Waals surface area contributed by atoms with Gasteiger partial charge in [-0.1, -0.05) is 17.6 Å². The predicted molar refractivity (Wildman–Crippen MR) is 62.5 cm³/mol. The standard InChI is InChI=1S/C12H12BF4O.K/c14-9-6-7-11(13(15,16)17)12(8-9)18-10-4-2-1-3-5-10;/h2,4,6-8,10H,1,3,5H2;/q-1;+1. The number of ether oxygens (including phenoxy) is 1. The smallest absolute Gasteiger partial charge is 0.489 e. The molecule has 2 rings (SSSR count). The van der Waals surface area contributed by atoms with E-state index in [1.54, 1.807) is 6.08 Å². The molecule has 7 heteroatoms. The maximum Gasteiger partial charge on any atom is 1.00 e. The van der Waals surface area contributed by atoms with Crippen molar-refractivity contribution >= 4 is 12.4 Å². The van der Waals surface area contributed by atoms with Crippen LogP contribution in [-0.4, -0.2) is 13.1 Å². The summed E-state index contributed by atoms with van der Waals surface area (Å²) in [5, 5.41) is 0. The third kappa shape index (κ3) is 4.90. The molecule has 0 radical (unpaired) electrons. The van der Waals surface area contributed by atoms with Crippen LogP contribution in [0.2, 0.25) is 0 Å². The summed E-state index contributed by atoms with van der Waals surface area (Å²) in [6.07, 6.45) is 5.60. The minimum atomic E-state index is -5.20. The maximum absolute atomic E-state index is 13.0. The van der Waals surface area contributed by atoms with Crippen LogP contribution in [0.5, 0.6) is 5.75 Å². The van der Waals surface area contributed by atoms with E-state index in [0.717, 1.165) is 31.0 Å². The number of allylic oxidation sites excluding steroid dienone is 1. The molecule has 1 aromatic rings. The van der Waals surface area contributed by atoms with E-state index >= 15 is 0 Å². The summed E-state index contributed by atoms with van der Waals surface area (Å²) in [4.78, 5) is 0. The molecule has 1 atom stereocenters. The van der Waals surface area contributed by atoms with Crippen LogP contribution < -0.4 is 61.6 Å². The molecule has 1 aliphatic carbocycles. The zero-order chi connectivity index (χ0) is 13.2. The van der Waals surface area contributed by atoms with Gasteiger partial charge in [-0.25, -0.2) is 4.39 Å². The first-order valence-electron chi connectivity index (χ1n) is 5.79. The van der Waals surface area contributed by atoms with Crippen molar-refractivity contribution in [1.29, 1.82) is 0 Å². The molecular weight excluding hydrogens is 286 g/mol. The quantitative estimate of drug-likeness (QED) is 0.445. The van der Waals surface area contributed by atoms with Crippen LogP contribution in [-0.2, 0) is 0 Å². The minimum absolute atomic E-state index is 0. The molecule has 0 fully saturated rings. The number of benzene rings is 1. The molecule has 1 unspecified atom stereocenters. The maximum atomic E-state index is 13.0. The van der Waals surface area contributed by atoms with Crippen molar-refractivity contribution in [3.05, 3.63) is 36.2 Å². The molecule has 98 valence electrons. The molecule has 1 aliphatic rings. The van der Waals surface area contributed by atoms with E-state index in [4.69, 9.17) is 4.74 Å². The Morgan fingerprint density at radius 3 is 2.53 bits per heavy atom. The van der Waals surface area contributed by atoms with Crippen molar-refractivity contribution in [1.82, 2.24) is 0 Å². The fraction of sp³-hybridized carbons (Fsp3) is 0.333. The van der Waals surface area contributed by atoms with Gasteiger partial charge in [-0.3, -0.25) is 0 Å². The monoisotopic (exact) mass is 298 g/mol. The van der Waals surface area contributed by atoms with E-state index < -0.39 is 30.1 Å². The van der Waals surface area contributed by atoms with Gasteiger partial charge in [0.05, 0.1) is 5.75 Å². The van der Waals surface area contributed by atoms with Gasteiger partial charge in [0.25, 0.3) is 0 Å². The van der Waals surface area contributed by atoms with Crippen molar-refractivity contribution in [2.24, 2.45) is 0 Å². The number of hydrogen-bond acceptors (Lipinski definition) is 1. The van der Waals surface area contributed by atoms with E-state index in [0.29, 0.717) is 6.42 Å². The van der Waals surface area contributed by atoms with Crippen LogP contribution >= 0.6 is 0 Å². The third-order valence-corrected chi connectivity index (χ3v) is 2.82. The molecule has 0 heterocycles. The molecule has 1 aromatic carbocycles. The van der Waals surface area contributed by atoms with Gasteiger partial charge >= 0.3 is 58.4 Å². The fourth-order valence-electron chi connectivity index (χ4n) is 1.92. The first kappa shape index (κ1) is 17.2. The topological polar surface area (TPSA) is 9.23 Å². The van der Waals surface area contributed by atoms with Gasteiger partial charge in [-0.2, -0.15) is 0 Å². The van der Waals surface area contributed by atoms with Gasteiger partial charge < -0.3 is 17.7 Å². The molecule has 0 spiro atoms. The summed E-state index contributed by atoms with van der Waals surface area (Å²) >= 11 is 0. The van der Waals surface area contributed by atoms with Gasteiger partial charge in [0.1, 0.15) is 11.9 Å². The molecule has 0 bridgehead atoms. The third-order valence-electron chi connectivity index (χ3n) is 2.82. The number of rotatable bonds is 3. The average Bonchev–Trinajstić information content (AvgIpc) is 2.28. The zero-order valence-corrected chi connectivity index (χ0v) is 13.7. The first-order chi connectivity index (χ1) is 8.47. The summed E-state index contributed by atoms with van der Waals surface area (Å²) in [6, 6.07) is 2.33. The second kappa shape index (κ2) is 7.26. The molecule has 0 saturated heterocycles. The SMILES string of the molecule is Fc1ccc([B-](F)(F)F)c(OC2C=CCCC2)c1.[K+]. The van der Waals surface area contributed by atoms with Crippen LogP contribution in [0, 0.1) is 5.82 Å². The van der Waals surface area contributed by atoms with E-state index in [1.165, 1.54) is 0 Å². The van der Waals surface area contributed by atoms with Crippen LogP contribution in [0.4, 0.5) is 17.3 Å². The van der Waals surface area contributed by atoms with Crippen molar-refractivity contribution < 1.29 is 73.5 Å². The van der Waals surface area contributed by atoms with Crippen molar-refractivity contribution in [3.8, 4) is 5.75 Å². The molecular formula is C12H12BF4KO. The Labute approximate surface area is 151 Å². The second-order valence-corrected chi connectivity index (χ2v) is 4.27. The molecule has 0 amide bonds. The van der Waals surface area contributed by atoms with E-state index in [2.05, 4.69) is 0 Å². The van der Waals surface area contributed by atoms with Crippen LogP contribution in [0.1, 0.15) is 19.3 Å². The first-order valence-corrected chi connectivity index (χ1v) is 5.79. The Bertz CT molecular complexity index is 462. The molecule has 0 N–H and O–H groups in total. The van der Waals surface area contributed by atoms with Crippen molar-refractivity contribution in [2.75, 3.05) is 0 Å². The number of halogens is 4. The normalized spacial score (nSPS) is 18.8. The zero-order valence-electron chi connectivity index (χ0n) is 10.6. The molecule has 0 aliphatic heterocycles. The summed E-state index contributed by atoms with van der Waals surface area (Å²) in [5.74, 6) is -1.15. The summed E-state index contributed by atoms with van der Waals surface area (Å²) < 4.78 is 56.6. The van der Waals surface area contributed by atoms with Crippen molar-refractivity contribution in [3.63, 3.8) is 0 Å². The largest absolute Gasteiger partial charge is 1.00 e. The van der Waals surface area contributed by atoms with Gasteiger partial charge in [-0.15, -0.1) is 0 Å². The van der Waals surface area contributed by atoms with Crippen molar-refractivity contribution in [2.45, 2.75) is 25.4 Å². The number of hydrogen-bond donors (Lipinski definition) is 0. The van der Waals surface area contributed by atoms with E-state index in [-0.39, 0.29) is 51.4 Å². The van der Waals surface area contributed by atoms with Crippen LogP contribution in [0.25, 0.3) is 0 Å². The summed E-state index contributed by atoms with van der Waals surface area (Å²) in [5.41, 5.74) is -0.879. The molecule has 0 saturated carbocycles. The van der Waals surface area contributed by atoms with Gasteiger partial charge in [0.15, 0.2) is 0 Å². The van der Waals surface area contributed by atoms with Crippen LogP contribution in [0.15, 0.2) is 30.4 Å². The molecule has 0 aromatic heterocycles. The van der Waals surface area contributed by atoms with Crippen LogP contribution in [0.3, 0.4) is 0 Å². The Hall–Kier alpha value is 0.181. The fourth-order valence-corrected chi connectivity index (χ4v) is 1.92. The van der Waals surface area contributed by atoms with Gasteiger partial charge in [0.2, 0.25) is 0 Å². The Morgan fingerprint density at radius 2 is 1.95 bits per heavy atom. The summed E-state index contributed by atoms with van der Waals surface area (Å²) in [7, 11) is 0.